The fourth-order valence-electron chi connectivity index (χ4n) is 3.48. The number of nitrogens with zero attached hydrogens (tertiary/aromatic N) is 2. The number of hydrogen-bond acceptors (Lipinski definition) is 5. The Morgan fingerprint density at radius 2 is 2.03 bits per heavy atom. The first-order valence-corrected chi connectivity index (χ1v) is 10.2. The highest BCUT2D eigenvalue weighted by Gasteiger charge is 2.24. The number of nitrogens with one attached hydrogen (secondary N) is 4. The van der Waals surface area contributed by atoms with E-state index in [1.54, 1.807) is 31.3 Å². The summed E-state index contributed by atoms with van der Waals surface area (Å²) in [6.07, 6.45) is 3.73. The number of amides is 1. The molecule has 1 saturated heterocycles. The average Bonchev–Trinajstić information content (AvgIpc) is 3.12. The van der Waals surface area contributed by atoms with E-state index in [1.165, 1.54) is 12.3 Å². The van der Waals surface area contributed by atoms with Crippen molar-refractivity contribution in [2.24, 2.45) is 4.99 Å². The van der Waals surface area contributed by atoms with Gasteiger partial charge in [-0.05, 0) is 43.0 Å². The fourth-order valence-corrected chi connectivity index (χ4v) is 3.48. The summed E-state index contributed by atoms with van der Waals surface area (Å²) >= 11 is 0. The summed E-state index contributed by atoms with van der Waals surface area (Å²) in [5.41, 5.74) is 4.22. The highest BCUT2D eigenvalue weighted by molar-refractivity contribution is 6.07. The van der Waals surface area contributed by atoms with Crippen LogP contribution in [0.1, 0.15) is 11.1 Å². The van der Waals surface area contributed by atoms with Gasteiger partial charge < -0.3 is 21.4 Å². The molecule has 3 rings (SSSR count). The monoisotopic (exact) mass is 434 g/mol. The number of carbonyl (C=O) groups is 1. The second kappa shape index (κ2) is 11.0. The second-order valence-electron chi connectivity index (χ2n) is 7.39. The molecule has 0 aliphatic carbocycles. The Labute approximate surface area is 187 Å². The van der Waals surface area contributed by atoms with Crippen LogP contribution in [0.4, 0.5) is 10.1 Å². The lowest BCUT2D eigenvalue weighted by Gasteiger charge is -2.16. The van der Waals surface area contributed by atoms with Gasteiger partial charge in [0, 0.05) is 49.7 Å². The predicted octanol–water partition coefficient (Wildman–Crippen LogP) is 2.99. The van der Waals surface area contributed by atoms with Crippen LogP contribution in [0.5, 0.6) is 0 Å². The third-order valence-corrected chi connectivity index (χ3v) is 4.98. The normalized spacial score (nSPS) is 16.3. The lowest BCUT2D eigenvalue weighted by atomic mass is 10.0. The molecule has 32 heavy (non-hydrogen) atoms. The molecule has 0 bridgehead atoms. The molecule has 1 aliphatic heterocycles. The Morgan fingerprint density at radius 1 is 1.22 bits per heavy atom. The van der Waals surface area contributed by atoms with Crippen molar-refractivity contribution in [1.29, 1.82) is 5.41 Å². The van der Waals surface area contributed by atoms with Crippen molar-refractivity contribution in [1.82, 2.24) is 15.5 Å². The van der Waals surface area contributed by atoms with Crippen molar-refractivity contribution >= 4 is 29.3 Å². The van der Waals surface area contributed by atoms with Gasteiger partial charge in [-0.2, -0.15) is 0 Å². The summed E-state index contributed by atoms with van der Waals surface area (Å²) < 4.78 is 14.6. The molecule has 0 atom stereocenters. The van der Waals surface area contributed by atoms with Gasteiger partial charge in [0.1, 0.15) is 11.7 Å². The maximum absolute atomic E-state index is 14.6. The molecule has 1 heterocycles. The van der Waals surface area contributed by atoms with E-state index in [0.717, 1.165) is 16.8 Å². The van der Waals surface area contributed by atoms with Gasteiger partial charge in [0.25, 0.3) is 0 Å². The van der Waals surface area contributed by atoms with E-state index < -0.39 is 0 Å². The second-order valence-corrected chi connectivity index (χ2v) is 7.39. The maximum Gasteiger partial charge on any atom is 0.211 e. The number of likely N-dealkylation sites (N-methyl/N-ethyl adjacent to an activating group) is 1. The summed E-state index contributed by atoms with van der Waals surface area (Å²) in [5.74, 6) is 0.265. The van der Waals surface area contributed by atoms with Crippen LogP contribution in [0.2, 0.25) is 0 Å². The number of amidine groups is 1. The van der Waals surface area contributed by atoms with Crippen molar-refractivity contribution < 1.29 is 9.18 Å². The van der Waals surface area contributed by atoms with Gasteiger partial charge in [0.15, 0.2) is 0 Å². The fraction of sp³-hybridized carbons (Fsp3) is 0.208. The zero-order valence-electron chi connectivity index (χ0n) is 18.2. The lowest BCUT2D eigenvalue weighted by Crippen LogP contribution is -2.18. The molecule has 1 amide bonds. The van der Waals surface area contributed by atoms with Gasteiger partial charge in [-0.15, -0.1) is 0 Å². The standard InChI is InChI=1S/C24H27FN6O/c1-27-23(10-11-28-16-32)30-18-7-5-6-17(12-18)13-29-24(19-8-3-4-9-21(19)25)20-14-31(2)15-22(20)26/h3-12,16,26,29H,13-15H2,1-2H3,(H,27,30)(H,28,32)/b11-10-,24-20-,26-22?. The summed E-state index contributed by atoms with van der Waals surface area (Å²) in [6.45, 7) is 1.59. The smallest absolute Gasteiger partial charge is 0.211 e. The predicted molar refractivity (Wildman–Crippen MR) is 127 cm³/mol. The number of hydrogen-bond donors (Lipinski definition) is 4. The van der Waals surface area contributed by atoms with Gasteiger partial charge in [-0.25, -0.2) is 4.39 Å². The number of anilines is 1. The lowest BCUT2D eigenvalue weighted by molar-refractivity contribution is -0.108. The Morgan fingerprint density at radius 3 is 2.72 bits per heavy atom. The van der Waals surface area contributed by atoms with E-state index in [1.807, 2.05) is 36.2 Å². The molecule has 0 radical (unpaired) electrons. The number of carbonyl (C=O) groups excluding carboxylic acids is 1. The molecule has 7 nitrogen and oxygen atoms in total. The Bertz CT molecular complexity index is 1080. The van der Waals surface area contributed by atoms with Gasteiger partial charge >= 0.3 is 0 Å². The molecule has 0 spiro atoms. The zero-order chi connectivity index (χ0) is 22.9. The van der Waals surface area contributed by atoms with Crippen LogP contribution in [0.15, 0.2) is 71.4 Å². The SMILES string of the molecule is C/N=C(\C=C/NC=O)Nc1cccc(CN/C(=C2/CN(C)CC2=N)c2ccccc2F)c1. The number of likely N-dealkylation sites (tertiary alicyclic amines) is 1. The molecule has 2 aromatic carbocycles. The number of benzene rings is 2. The minimum absolute atomic E-state index is 0.320. The molecule has 166 valence electrons. The van der Waals surface area contributed by atoms with E-state index in [9.17, 15) is 9.18 Å². The molecule has 0 aromatic heterocycles. The minimum Gasteiger partial charge on any atom is -0.380 e. The zero-order valence-corrected chi connectivity index (χ0v) is 18.2. The van der Waals surface area contributed by atoms with E-state index in [4.69, 9.17) is 5.41 Å². The molecule has 8 heteroatoms. The van der Waals surface area contributed by atoms with E-state index in [0.29, 0.717) is 48.9 Å². The van der Waals surface area contributed by atoms with Crippen LogP contribution < -0.4 is 16.0 Å². The van der Waals surface area contributed by atoms with Crippen LogP contribution in [0.3, 0.4) is 0 Å². The highest BCUT2D eigenvalue weighted by atomic mass is 19.1. The van der Waals surface area contributed by atoms with Crippen LogP contribution in [0, 0.1) is 11.2 Å². The largest absolute Gasteiger partial charge is 0.380 e. The van der Waals surface area contributed by atoms with E-state index >= 15 is 0 Å². The van der Waals surface area contributed by atoms with Crippen LogP contribution in [0.25, 0.3) is 5.70 Å². The molecular weight excluding hydrogens is 407 g/mol. The Hall–Kier alpha value is -3.78. The number of aliphatic imine (C=N–C) groups is 1. The number of rotatable bonds is 8. The van der Waals surface area contributed by atoms with Crippen molar-refractivity contribution in [3.05, 3.63) is 83.3 Å². The molecule has 4 N–H and O–H groups in total. The molecule has 1 aliphatic rings. The third-order valence-electron chi connectivity index (χ3n) is 4.98. The summed E-state index contributed by atoms with van der Waals surface area (Å²) in [7, 11) is 3.60. The van der Waals surface area contributed by atoms with Crippen LogP contribution >= 0.6 is 0 Å². The Balaban J connectivity index is 1.81. The van der Waals surface area contributed by atoms with Crippen molar-refractivity contribution in [2.45, 2.75) is 6.54 Å². The summed E-state index contributed by atoms with van der Waals surface area (Å²) in [5, 5.41) is 17.4. The first kappa shape index (κ1) is 22.9. The average molecular weight is 435 g/mol. The molecule has 0 unspecified atom stereocenters. The summed E-state index contributed by atoms with van der Waals surface area (Å²) in [6, 6.07) is 14.4. The third kappa shape index (κ3) is 5.89. The first-order chi connectivity index (χ1) is 15.5. The quantitative estimate of drug-likeness (QED) is 0.292. The van der Waals surface area contributed by atoms with E-state index in [-0.39, 0.29) is 5.82 Å². The van der Waals surface area contributed by atoms with Crippen molar-refractivity contribution in [2.75, 3.05) is 32.5 Å². The van der Waals surface area contributed by atoms with Gasteiger partial charge in [-0.1, -0.05) is 24.3 Å². The van der Waals surface area contributed by atoms with Crippen LogP contribution in [-0.2, 0) is 11.3 Å². The summed E-state index contributed by atoms with van der Waals surface area (Å²) in [4.78, 5) is 16.6. The maximum atomic E-state index is 14.6. The van der Waals surface area contributed by atoms with Crippen molar-refractivity contribution in [3.8, 4) is 0 Å². The van der Waals surface area contributed by atoms with Gasteiger partial charge in [0.05, 0.1) is 11.4 Å². The first-order valence-electron chi connectivity index (χ1n) is 10.2. The van der Waals surface area contributed by atoms with E-state index in [2.05, 4.69) is 20.9 Å². The van der Waals surface area contributed by atoms with Crippen molar-refractivity contribution in [3.63, 3.8) is 0 Å². The van der Waals surface area contributed by atoms with Crippen LogP contribution in [-0.4, -0.2) is 50.0 Å². The molecule has 1 fully saturated rings. The number of halogens is 1. The Kier molecular flexibility index (Phi) is 7.88. The highest BCUT2D eigenvalue weighted by Crippen LogP contribution is 2.24. The molecule has 0 saturated carbocycles. The topological polar surface area (TPSA) is 92.6 Å². The van der Waals surface area contributed by atoms with Gasteiger partial charge in [-0.3, -0.25) is 14.7 Å². The minimum atomic E-state index is -0.320. The molecular formula is C24H27FN6O. The van der Waals surface area contributed by atoms with Gasteiger partial charge in [0.2, 0.25) is 6.41 Å². The molecule has 2 aromatic rings.